The Hall–Kier alpha value is -2.27. The molecule has 0 radical (unpaired) electrons. The maximum atomic E-state index is 12.8. The van der Waals surface area contributed by atoms with Gasteiger partial charge in [-0.2, -0.15) is 0 Å². The molecule has 1 fully saturated rings. The minimum absolute atomic E-state index is 0.0374. The van der Waals surface area contributed by atoms with Crippen molar-refractivity contribution in [2.45, 2.75) is 20.3 Å². The molecule has 0 atom stereocenters. The van der Waals surface area contributed by atoms with Crippen molar-refractivity contribution in [1.29, 1.82) is 0 Å². The van der Waals surface area contributed by atoms with Crippen molar-refractivity contribution in [3.63, 3.8) is 0 Å². The van der Waals surface area contributed by atoms with Gasteiger partial charge in [-0.15, -0.1) is 0 Å². The molecule has 0 bridgehead atoms. The highest BCUT2D eigenvalue weighted by atomic mass is 32.2. The Bertz CT molecular complexity index is 805. The minimum Gasteiger partial charge on any atom is -0.348 e. The van der Waals surface area contributed by atoms with Gasteiger partial charge in [0.1, 0.15) is 0 Å². The first-order valence-corrected chi connectivity index (χ1v) is 8.89. The largest absolute Gasteiger partial charge is 0.348 e. The van der Waals surface area contributed by atoms with E-state index < -0.39 is 0 Å². The number of hydrogen-bond acceptors (Lipinski definition) is 3. The second-order valence-corrected chi connectivity index (χ2v) is 6.77. The summed E-state index contributed by atoms with van der Waals surface area (Å²) in [5.74, 6) is 0.0374. The fourth-order valence-corrected chi connectivity index (χ4v) is 3.55. The normalized spacial score (nSPS) is 18.1. The Kier molecular flexibility index (Phi) is 4.90. The molecule has 5 heteroatoms. The van der Waals surface area contributed by atoms with Gasteiger partial charge in [-0.25, -0.2) is 4.99 Å². The Morgan fingerprint density at radius 1 is 1.17 bits per heavy atom. The molecule has 1 aromatic heterocycles. The fourth-order valence-electron chi connectivity index (χ4n) is 2.54. The zero-order valence-corrected chi connectivity index (χ0v) is 15.0. The summed E-state index contributed by atoms with van der Waals surface area (Å²) < 4.78 is 2.08. The van der Waals surface area contributed by atoms with E-state index in [1.165, 1.54) is 17.5 Å². The molecule has 0 aliphatic carbocycles. The molecular formula is C19H21N3OS. The average molecular weight is 339 g/mol. The monoisotopic (exact) mass is 339 g/mol. The number of para-hydroxylation sites is 1. The number of rotatable bonds is 4. The van der Waals surface area contributed by atoms with Crippen LogP contribution in [-0.2, 0) is 11.8 Å². The lowest BCUT2D eigenvalue weighted by Gasteiger charge is -2.13. The van der Waals surface area contributed by atoms with E-state index in [4.69, 9.17) is 0 Å². The van der Waals surface area contributed by atoms with Crippen LogP contribution in [0.25, 0.3) is 6.08 Å². The van der Waals surface area contributed by atoms with E-state index in [1.807, 2.05) is 49.5 Å². The number of nitrogens with zero attached hydrogens (tertiary/aromatic N) is 3. The van der Waals surface area contributed by atoms with Gasteiger partial charge >= 0.3 is 0 Å². The van der Waals surface area contributed by atoms with Crippen molar-refractivity contribution in [3.05, 3.63) is 58.8 Å². The fraction of sp³-hybridized carbons (Fsp3) is 0.263. The summed E-state index contributed by atoms with van der Waals surface area (Å²) in [4.78, 5) is 19.9. The van der Waals surface area contributed by atoms with Crippen LogP contribution in [0, 0.1) is 6.92 Å². The molecule has 1 aliphatic rings. The Morgan fingerprint density at radius 2 is 1.92 bits per heavy atom. The Labute approximate surface area is 146 Å². The van der Waals surface area contributed by atoms with Gasteiger partial charge in [0.05, 0.1) is 10.6 Å². The predicted octanol–water partition coefficient (Wildman–Crippen LogP) is 4.35. The molecule has 2 heterocycles. The Morgan fingerprint density at radius 3 is 2.54 bits per heavy atom. The molecule has 0 spiro atoms. The van der Waals surface area contributed by atoms with Crippen LogP contribution >= 0.6 is 11.8 Å². The maximum absolute atomic E-state index is 12.8. The van der Waals surface area contributed by atoms with E-state index in [0.29, 0.717) is 6.54 Å². The topological polar surface area (TPSA) is 37.6 Å². The molecule has 1 aliphatic heterocycles. The molecule has 124 valence electrons. The third kappa shape index (κ3) is 3.31. The van der Waals surface area contributed by atoms with Crippen LogP contribution in [0.1, 0.15) is 24.7 Å². The number of carbonyl (C=O) groups is 1. The van der Waals surface area contributed by atoms with Gasteiger partial charge in [-0.3, -0.25) is 9.69 Å². The number of aliphatic imine (C=N–C) groups is 1. The smallest absolute Gasteiger partial charge is 0.266 e. The van der Waals surface area contributed by atoms with Gasteiger partial charge in [0.2, 0.25) is 0 Å². The van der Waals surface area contributed by atoms with Gasteiger partial charge in [-0.05, 0) is 55.4 Å². The lowest BCUT2D eigenvalue weighted by molar-refractivity contribution is -0.122. The highest BCUT2D eigenvalue weighted by Crippen LogP contribution is 2.34. The summed E-state index contributed by atoms with van der Waals surface area (Å²) in [6.45, 7) is 4.80. The molecule has 0 saturated carbocycles. The van der Waals surface area contributed by atoms with Crippen LogP contribution in [-0.4, -0.2) is 27.1 Å². The molecule has 24 heavy (non-hydrogen) atoms. The summed E-state index contributed by atoms with van der Waals surface area (Å²) in [7, 11) is 2.01. The zero-order chi connectivity index (χ0) is 17.1. The third-order valence-corrected chi connectivity index (χ3v) is 5.01. The summed E-state index contributed by atoms with van der Waals surface area (Å²) in [5, 5.41) is 0.755. The first kappa shape index (κ1) is 16.6. The molecule has 2 aromatic rings. The highest BCUT2D eigenvalue weighted by Gasteiger charge is 2.32. The number of amidine groups is 1. The molecule has 1 amide bonds. The Balaban J connectivity index is 1.95. The van der Waals surface area contributed by atoms with Gasteiger partial charge < -0.3 is 4.57 Å². The molecule has 0 N–H and O–H groups in total. The van der Waals surface area contributed by atoms with E-state index in [0.717, 1.165) is 27.9 Å². The number of hydrogen-bond donors (Lipinski definition) is 0. The van der Waals surface area contributed by atoms with Gasteiger partial charge in [-0.1, -0.05) is 25.1 Å². The van der Waals surface area contributed by atoms with Crippen molar-refractivity contribution in [1.82, 2.24) is 9.47 Å². The van der Waals surface area contributed by atoms with Crippen LogP contribution < -0.4 is 0 Å². The van der Waals surface area contributed by atoms with Crippen molar-refractivity contribution in [2.24, 2.45) is 12.0 Å². The van der Waals surface area contributed by atoms with Crippen LogP contribution in [0.4, 0.5) is 5.69 Å². The van der Waals surface area contributed by atoms with Crippen LogP contribution in [0.15, 0.2) is 52.4 Å². The molecule has 3 rings (SSSR count). The van der Waals surface area contributed by atoms with Crippen molar-refractivity contribution >= 4 is 34.6 Å². The summed E-state index contributed by atoms with van der Waals surface area (Å²) in [5.41, 5.74) is 3.06. The average Bonchev–Trinajstić information content (AvgIpc) is 3.05. The SMILES string of the molecule is CCCN1C(=O)/C(=C/c2ccc(C)n2C)SC1=Nc1ccccc1. The lowest BCUT2D eigenvalue weighted by atomic mass is 10.3. The van der Waals surface area contributed by atoms with Crippen molar-refractivity contribution < 1.29 is 4.79 Å². The first-order chi connectivity index (χ1) is 11.6. The number of aromatic nitrogens is 1. The van der Waals surface area contributed by atoms with E-state index >= 15 is 0 Å². The zero-order valence-electron chi connectivity index (χ0n) is 14.2. The maximum Gasteiger partial charge on any atom is 0.266 e. The van der Waals surface area contributed by atoms with Crippen LogP contribution in [0.5, 0.6) is 0 Å². The van der Waals surface area contributed by atoms with E-state index in [2.05, 4.69) is 29.5 Å². The summed E-state index contributed by atoms with van der Waals surface area (Å²) in [6, 6.07) is 13.9. The number of amides is 1. The van der Waals surface area contributed by atoms with Gasteiger partial charge in [0.15, 0.2) is 5.17 Å². The molecular weight excluding hydrogens is 318 g/mol. The number of thioether (sulfide) groups is 1. The third-order valence-electron chi connectivity index (χ3n) is 4.01. The summed E-state index contributed by atoms with van der Waals surface area (Å²) >= 11 is 1.45. The van der Waals surface area contributed by atoms with E-state index in [-0.39, 0.29) is 5.91 Å². The van der Waals surface area contributed by atoms with Crippen molar-refractivity contribution in [3.8, 4) is 0 Å². The lowest BCUT2D eigenvalue weighted by Crippen LogP contribution is -2.29. The van der Waals surface area contributed by atoms with Gasteiger partial charge in [0, 0.05) is 25.0 Å². The molecule has 1 saturated heterocycles. The minimum atomic E-state index is 0.0374. The second-order valence-electron chi connectivity index (χ2n) is 5.76. The number of benzene rings is 1. The predicted molar refractivity (Wildman–Crippen MR) is 101 cm³/mol. The molecule has 0 unspecified atom stereocenters. The van der Waals surface area contributed by atoms with Crippen LogP contribution in [0.2, 0.25) is 0 Å². The van der Waals surface area contributed by atoms with E-state index in [1.54, 1.807) is 4.90 Å². The molecule has 4 nitrogen and oxygen atoms in total. The number of aryl methyl sites for hydroxylation is 1. The quantitative estimate of drug-likeness (QED) is 0.777. The first-order valence-electron chi connectivity index (χ1n) is 8.07. The summed E-state index contributed by atoms with van der Waals surface area (Å²) in [6.07, 6.45) is 2.85. The van der Waals surface area contributed by atoms with Crippen LogP contribution in [0.3, 0.4) is 0 Å². The van der Waals surface area contributed by atoms with Gasteiger partial charge in [0.25, 0.3) is 5.91 Å². The highest BCUT2D eigenvalue weighted by molar-refractivity contribution is 8.18. The van der Waals surface area contributed by atoms with E-state index in [9.17, 15) is 4.79 Å². The van der Waals surface area contributed by atoms with Crippen molar-refractivity contribution in [2.75, 3.05) is 6.54 Å². The standard InChI is InChI=1S/C19H21N3OS/c1-4-12-22-18(23)17(13-16-11-10-14(2)21(16)3)24-19(22)20-15-8-6-5-7-9-15/h5-11,13H,4,12H2,1-3H3/b17-13-,20-19?. The second kappa shape index (κ2) is 7.09. The number of carbonyl (C=O) groups excluding carboxylic acids is 1. The molecule has 1 aromatic carbocycles.